The highest BCUT2D eigenvalue weighted by atomic mass is 16.2. The van der Waals surface area contributed by atoms with E-state index in [0.717, 1.165) is 29.8 Å². The Hall–Kier alpha value is -3.02. The molecule has 0 aliphatic carbocycles. The van der Waals surface area contributed by atoms with Gasteiger partial charge in [0, 0.05) is 24.0 Å². The van der Waals surface area contributed by atoms with Crippen LogP contribution in [0.1, 0.15) is 28.0 Å². The Morgan fingerprint density at radius 2 is 2.21 bits per heavy atom. The number of rotatable bonds is 4. The van der Waals surface area contributed by atoms with Gasteiger partial charge in [-0.05, 0) is 42.7 Å². The summed E-state index contributed by atoms with van der Waals surface area (Å²) in [6.45, 7) is 4.52. The number of hydrogen-bond acceptors (Lipinski definition) is 4. The summed E-state index contributed by atoms with van der Waals surface area (Å²) in [7, 11) is 0. The molecule has 1 aromatic heterocycles. The fraction of sp³-hybridized carbons (Fsp3) is 0.222. The molecule has 6 nitrogen and oxygen atoms in total. The Bertz CT molecular complexity index is 774. The number of carbonyl (C=O) groups excluding carboxylic acids is 2. The lowest BCUT2D eigenvalue weighted by Gasteiger charge is -2.29. The van der Waals surface area contributed by atoms with Crippen LogP contribution < -0.4 is 10.2 Å². The smallest absolute Gasteiger partial charge is 0.251 e. The Balaban J connectivity index is 1.82. The van der Waals surface area contributed by atoms with Crippen LogP contribution in [0.3, 0.4) is 0 Å². The van der Waals surface area contributed by atoms with Crippen molar-refractivity contribution in [2.75, 3.05) is 11.4 Å². The summed E-state index contributed by atoms with van der Waals surface area (Å²) in [5.74, 6) is -0.312. The van der Waals surface area contributed by atoms with Crippen molar-refractivity contribution < 1.29 is 9.59 Å². The largest absolute Gasteiger partial charge is 0.346 e. The number of anilines is 1. The summed E-state index contributed by atoms with van der Waals surface area (Å²) >= 11 is 0. The van der Waals surface area contributed by atoms with Crippen molar-refractivity contribution in [1.82, 2.24) is 15.3 Å². The monoisotopic (exact) mass is 322 g/mol. The topological polar surface area (TPSA) is 75.2 Å². The number of hydrogen-bond donors (Lipinski definition) is 1. The molecular weight excluding hydrogens is 304 g/mol. The second-order valence-corrected chi connectivity index (χ2v) is 5.48. The second kappa shape index (κ2) is 7.04. The highest BCUT2D eigenvalue weighted by Crippen LogP contribution is 2.30. The Labute approximate surface area is 140 Å². The van der Waals surface area contributed by atoms with Crippen LogP contribution >= 0.6 is 0 Å². The van der Waals surface area contributed by atoms with Crippen molar-refractivity contribution in [3.8, 4) is 0 Å². The van der Waals surface area contributed by atoms with Crippen molar-refractivity contribution >= 4 is 17.5 Å². The number of aromatic nitrogens is 2. The maximum atomic E-state index is 12.6. The quantitative estimate of drug-likeness (QED) is 0.872. The normalized spacial score (nSPS) is 13.1. The van der Waals surface area contributed by atoms with Crippen molar-refractivity contribution in [2.24, 2.45) is 0 Å². The van der Waals surface area contributed by atoms with Crippen molar-refractivity contribution in [3.63, 3.8) is 0 Å². The molecule has 24 heavy (non-hydrogen) atoms. The zero-order valence-corrected chi connectivity index (χ0v) is 13.2. The number of nitrogens with one attached hydrogen (secondary N) is 1. The molecule has 1 aromatic carbocycles. The first-order valence-electron chi connectivity index (χ1n) is 7.79. The summed E-state index contributed by atoms with van der Waals surface area (Å²) in [5, 5.41) is 2.87. The molecule has 0 spiro atoms. The molecule has 2 heterocycles. The zero-order valence-electron chi connectivity index (χ0n) is 13.2. The summed E-state index contributed by atoms with van der Waals surface area (Å²) in [4.78, 5) is 34.2. The van der Waals surface area contributed by atoms with Gasteiger partial charge in [-0.3, -0.25) is 9.59 Å². The van der Waals surface area contributed by atoms with Gasteiger partial charge in [0.15, 0.2) is 0 Å². The van der Waals surface area contributed by atoms with E-state index in [4.69, 9.17) is 0 Å². The first-order valence-corrected chi connectivity index (χ1v) is 7.79. The Morgan fingerprint density at radius 1 is 1.33 bits per heavy atom. The van der Waals surface area contributed by atoms with Crippen molar-refractivity contribution in [3.05, 3.63) is 66.3 Å². The molecule has 2 amide bonds. The van der Waals surface area contributed by atoms with Gasteiger partial charge in [-0.2, -0.15) is 0 Å². The van der Waals surface area contributed by atoms with Crippen LogP contribution in [0.25, 0.3) is 0 Å². The highest BCUT2D eigenvalue weighted by Gasteiger charge is 2.24. The van der Waals surface area contributed by atoms with E-state index in [2.05, 4.69) is 21.9 Å². The van der Waals surface area contributed by atoms with Crippen LogP contribution in [-0.2, 0) is 17.8 Å². The van der Waals surface area contributed by atoms with Crippen LogP contribution in [0.15, 0.2) is 49.4 Å². The molecule has 0 radical (unpaired) electrons. The SMILES string of the molecule is C=CC(=O)N1CCCc2c(C(=O)NCc3ccncn3)cccc21. The predicted molar refractivity (Wildman–Crippen MR) is 90.5 cm³/mol. The fourth-order valence-corrected chi connectivity index (χ4v) is 2.87. The van der Waals surface area contributed by atoms with E-state index >= 15 is 0 Å². The van der Waals surface area contributed by atoms with Gasteiger partial charge in [0.25, 0.3) is 5.91 Å². The van der Waals surface area contributed by atoms with Gasteiger partial charge in [-0.25, -0.2) is 9.97 Å². The number of carbonyl (C=O) groups is 2. The number of nitrogens with zero attached hydrogens (tertiary/aromatic N) is 3. The summed E-state index contributed by atoms with van der Waals surface area (Å²) < 4.78 is 0. The molecule has 1 N–H and O–H groups in total. The van der Waals surface area contributed by atoms with Gasteiger partial charge in [-0.15, -0.1) is 0 Å². The number of benzene rings is 1. The van der Waals surface area contributed by atoms with Crippen LogP contribution in [0.4, 0.5) is 5.69 Å². The van der Waals surface area contributed by atoms with Crippen molar-refractivity contribution in [1.29, 1.82) is 0 Å². The first kappa shape index (κ1) is 15.9. The van der Waals surface area contributed by atoms with Gasteiger partial charge < -0.3 is 10.2 Å². The number of fused-ring (bicyclic) bond motifs is 1. The highest BCUT2D eigenvalue weighted by molar-refractivity contribution is 6.04. The molecule has 1 aliphatic heterocycles. The molecule has 0 atom stereocenters. The average Bonchev–Trinajstić information content (AvgIpc) is 2.65. The molecule has 6 heteroatoms. The van der Waals surface area contributed by atoms with E-state index in [1.807, 2.05) is 6.07 Å². The van der Waals surface area contributed by atoms with Crippen molar-refractivity contribution in [2.45, 2.75) is 19.4 Å². The van der Waals surface area contributed by atoms with E-state index in [-0.39, 0.29) is 11.8 Å². The minimum absolute atomic E-state index is 0.144. The summed E-state index contributed by atoms with van der Waals surface area (Å²) in [6.07, 6.45) is 5.98. The minimum atomic E-state index is -0.168. The molecular formula is C18H18N4O2. The molecule has 3 rings (SSSR count). The maximum Gasteiger partial charge on any atom is 0.251 e. The fourth-order valence-electron chi connectivity index (χ4n) is 2.87. The summed E-state index contributed by atoms with van der Waals surface area (Å²) in [5.41, 5.74) is 3.04. The standard InChI is InChI=1S/C18H18N4O2/c1-2-17(23)22-10-4-6-14-15(5-3-7-16(14)22)18(24)20-11-13-8-9-19-12-21-13/h2-3,5,7-9,12H,1,4,6,10-11H2,(H,20,24). The van der Waals surface area contributed by atoms with Gasteiger partial charge in [0.1, 0.15) is 6.33 Å². The molecule has 0 fully saturated rings. The Kier molecular flexibility index (Phi) is 4.65. The third-order valence-corrected chi connectivity index (χ3v) is 4.01. The Morgan fingerprint density at radius 3 is 2.96 bits per heavy atom. The third-order valence-electron chi connectivity index (χ3n) is 4.01. The van der Waals surface area contributed by atoms with Gasteiger partial charge in [-0.1, -0.05) is 12.6 Å². The molecule has 122 valence electrons. The van der Waals surface area contributed by atoms with E-state index in [9.17, 15) is 9.59 Å². The summed E-state index contributed by atoms with van der Waals surface area (Å²) in [6, 6.07) is 7.21. The first-order chi connectivity index (χ1) is 11.7. The molecule has 0 saturated heterocycles. The van der Waals surface area contributed by atoms with Crippen LogP contribution in [0.2, 0.25) is 0 Å². The minimum Gasteiger partial charge on any atom is -0.346 e. The van der Waals surface area contributed by atoms with Crippen LogP contribution in [-0.4, -0.2) is 28.3 Å². The molecule has 0 saturated carbocycles. The molecule has 2 aromatic rings. The molecule has 1 aliphatic rings. The number of amides is 2. The maximum absolute atomic E-state index is 12.6. The molecule has 0 unspecified atom stereocenters. The lowest BCUT2D eigenvalue weighted by molar-refractivity contribution is -0.114. The van der Waals surface area contributed by atoms with E-state index in [1.165, 1.54) is 12.4 Å². The van der Waals surface area contributed by atoms with Crippen LogP contribution in [0, 0.1) is 0 Å². The van der Waals surface area contributed by atoms with Gasteiger partial charge in [0.05, 0.1) is 12.2 Å². The van der Waals surface area contributed by atoms with Gasteiger partial charge in [0.2, 0.25) is 5.91 Å². The van der Waals surface area contributed by atoms with E-state index < -0.39 is 0 Å². The third kappa shape index (κ3) is 3.17. The average molecular weight is 322 g/mol. The lowest BCUT2D eigenvalue weighted by Crippen LogP contribution is -2.35. The van der Waals surface area contributed by atoms with Gasteiger partial charge >= 0.3 is 0 Å². The zero-order chi connectivity index (χ0) is 16.9. The lowest BCUT2D eigenvalue weighted by atomic mass is 9.95. The van der Waals surface area contributed by atoms with E-state index in [0.29, 0.717) is 18.7 Å². The predicted octanol–water partition coefficient (Wildman–Crippen LogP) is 1.87. The van der Waals surface area contributed by atoms with E-state index in [1.54, 1.807) is 29.3 Å². The second-order valence-electron chi connectivity index (χ2n) is 5.48. The molecule has 0 bridgehead atoms. The van der Waals surface area contributed by atoms with Crippen LogP contribution in [0.5, 0.6) is 0 Å².